The number of nitrogens with one attached hydrogen (secondary N) is 1. The number of hydrogen-bond acceptors (Lipinski definition) is 3. The van der Waals surface area contributed by atoms with E-state index in [-0.39, 0.29) is 0 Å². The lowest BCUT2D eigenvalue weighted by Gasteiger charge is -2.05. The van der Waals surface area contributed by atoms with E-state index in [1.54, 1.807) is 7.11 Å². The fourth-order valence-electron chi connectivity index (χ4n) is 1.68. The molecule has 0 atom stereocenters. The first kappa shape index (κ1) is 13.2. The molecule has 0 saturated heterocycles. The van der Waals surface area contributed by atoms with Gasteiger partial charge >= 0.3 is 0 Å². The Kier molecular flexibility index (Phi) is 6.11. The van der Waals surface area contributed by atoms with Gasteiger partial charge in [-0.2, -0.15) is 5.10 Å². The van der Waals surface area contributed by atoms with Crippen LogP contribution >= 0.6 is 0 Å². The Balaban J connectivity index is 2.37. The zero-order valence-electron chi connectivity index (χ0n) is 10.6. The van der Waals surface area contributed by atoms with Gasteiger partial charge in [-0.3, -0.25) is 4.68 Å². The quantitative estimate of drug-likeness (QED) is 0.677. The molecule has 0 unspecified atom stereocenters. The van der Waals surface area contributed by atoms with Gasteiger partial charge in [0.15, 0.2) is 0 Å². The minimum Gasteiger partial charge on any atom is -0.383 e. The molecular formula is C12H23N3O. The predicted molar refractivity (Wildman–Crippen MR) is 65.7 cm³/mol. The molecule has 1 N–H and O–H groups in total. The van der Waals surface area contributed by atoms with Crippen LogP contribution in [0.25, 0.3) is 0 Å². The van der Waals surface area contributed by atoms with Crippen molar-refractivity contribution < 1.29 is 4.74 Å². The number of ether oxygens (including phenoxy) is 1. The molecule has 0 bridgehead atoms. The van der Waals surface area contributed by atoms with Crippen LogP contribution < -0.4 is 5.32 Å². The number of methoxy groups -OCH3 is 1. The molecule has 1 aromatic rings. The van der Waals surface area contributed by atoms with Gasteiger partial charge in [0.1, 0.15) is 0 Å². The SMILES string of the molecule is CCc1cc(CCNCCOC)n(CC)n1. The summed E-state index contributed by atoms with van der Waals surface area (Å²) >= 11 is 0. The lowest BCUT2D eigenvalue weighted by Crippen LogP contribution is -2.22. The maximum Gasteiger partial charge on any atom is 0.0624 e. The first-order chi connectivity index (χ1) is 7.81. The molecule has 0 fully saturated rings. The van der Waals surface area contributed by atoms with Crippen molar-refractivity contribution in [2.24, 2.45) is 0 Å². The van der Waals surface area contributed by atoms with E-state index in [1.807, 2.05) is 0 Å². The smallest absolute Gasteiger partial charge is 0.0624 e. The molecule has 4 heteroatoms. The molecule has 0 saturated carbocycles. The van der Waals surface area contributed by atoms with Gasteiger partial charge in [0.2, 0.25) is 0 Å². The van der Waals surface area contributed by atoms with Crippen LogP contribution in [0, 0.1) is 0 Å². The summed E-state index contributed by atoms with van der Waals surface area (Å²) in [6.45, 7) is 7.90. The highest BCUT2D eigenvalue weighted by molar-refractivity contribution is 5.10. The van der Waals surface area contributed by atoms with Gasteiger partial charge in [-0.1, -0.05) is 6.92 Å². The van der Waals surface area contributed by atoms with Crippen molar-refractivity contribution in [3.63, 3.8) is 0 Å². The Bertz CT molecular complexity index is 296. The van der Waals surface area contributed by atoms with Crippen LogP contribution in [0.4, 0.5) is 0 Å². The van der Waals surface area contributed by atoms with Crippen LogP contribution in [0.15, 0.2) is 6.07 Å². The molecule has 0 radical (unpaired) electrons. The third kappa shape index (κ3) is 3.94. The maximum absolute atomic E-state index is 4.98. The van der Waals surface area contributed by atoms with Crippen LogP contribution in [0.2, 0.25) is 0 Å². The second-order valence-electron chi connectivity index (χ2n) is 3.79. The Labute approximate surface area is 98.0 Å². The normalized spacial score (nSPS) is 10.9. The molecule has 1 rings (SSSR count). The van der Waals surface area contributed by atoms with Crippen molar-refractivity contribution in [3.8, 4) is 0 Å². The average molecular weight is 225 g/mol. The Morgan fingerprint density at radius 3 is 2.81 bits per heavy atom. The monoisotopic (exact) mass is 225 g/mol. The minimum absolute atomic E-state index is 0.771. The van der Waals surface area contributed by atoms with E-state index in [1.165, 1.54) is 11.4 Å². The van der Waals surface area contributed by atoms with Crippen LogP contribution in [0.1, 0.15) is 25.2 Å². The molecule has 0 spiro atoms. The number of hydrogen-bond donors (Lipinski definition) is 1. The molecule has 1 aromatic heterocycles. The van der Waals surface area contributed by atoms with Crippen molar-refractivity contribution in [2.45, 2.75) is 33.2 Å². The second-order valence-corrected chi connectivity index (χ2v) is 3.79. The maximum atomic E-state index is 4.98. The summed E-state index contributed by atoms with van der Waals surface area (Å²) in [5.74, 6) is 0. The standard InChI is InChI=1S/C12H23N3O/c1-4-11-10-12(15(5-2)14-11)6-7-13-8-9-16-3/h10,13H,4-9H2,1-3H3. The zero-order chi connectivity index (χ0) is 11.8. The van der Waals surface area contributed by atoms with E-state index in [4.69, 9.17) is 4.74 Å². The van der Waals surface area contributed by atoms with Gasteiger partial charge in [0, 0.05) is 38.9 Å². The Morgan fingerprint density at radius 1 is 1.38 bits per heavy atom. The van der Waals surface area contributed by atoms with Crippen molar-refractivity contribution in [2.75, 3.05) is 26.8 Å². The summed E-state index contributed by atoms with van der Waals surface area (Å²) < 4.78 is 7.07. The number of rotatable bonds is 8. The molecular weight excluding hydrogens is 202 g/mol. The third-order valence-corrected chi connectivity index (χ3v) is 2.62. The molecule has 0 amide bonds. The first-order valence-corrected chi connectivity index (χ1v) is 6.07. The molecule has 4 nitrogen and oxygen atoms in total. The number of nitrogens with zero attached hydrogens (tertiary/aromatic N) is 2. The summed E-state index contributed by atoms with van der Waals surface area (Å²) in [5, 5.41) is 7.87. The van der Waals surface area contributed by atoms with E-state index in [0.717, 1.165) is 39.1 Å². The summed E-state index contributed by atoms with van der Waals surface area (Å²) in [7, 11) is 1.72. The summed E-state index contributed by atoms with van der Waals surface area (Å²) in [4.78, 5) is 0. The largest absolute Gasteiger partial charge is 0.383 e. The lowest BCUT2D eigenvalue weighted by molar-refractivity contribution is 0.199. The van der Waals surface area contributed by atoms with Gasteiger partial charge in [-0.15, -0.1) is 0 Å². The second kappa shape index (κ2) is 7.41. The van der Waals surface area contributed by atoms with Crippen LogP contribution in [-0.2, 0) is 24.1 Å². The summed E-state index contributed by atoms with van der Waals surface area (Å²) in [6.07, 6.45) is 2.04. The number of aryl methyl sites for hydroxylation is 2. The Hall–Kier alpha value is -0.870. The highest BCUT2D eigenvalue weighted by atomic mass is 16.5. The molecule has 0 aliphatic carbocycles. The molecule has 0 aliphatic heterocycles. The van der Waals surface area contributed by atoms with Crippen molar-refractivity contribution in [3.05, 3.63) is 17.5 Å². The van der Waals surface area contributed by atoms with E-state index in [9.17, 15) is 0 Å². The molecule has 0 aliphatic rings. The van der Waals surface area contributed by atoms with Gasteiger partial charge in [0.25, 0.3) is 0 Å². The topological polar surface area (TPSA) is 39.1 Å². The lowest BCUT2D eigenvalue weighted by atomic mass is 10.2. The predicted octanol–water partition coefficient (Wildman–Crippen LogP) is 1.24. The van der Waals surface area contributed by atoms with E-state index in [0.29, 0.717) is 0 Å². The zero-order valence-corrected chi connectivity index (χ0v) is 10.6. The van der Waals surface area contributed by atoms with Crippen molar-refractivity contribution >= 4 is 0 Å². The summed E-state index contributed by atoms with van der Waals surface area (Å²) in [5.41, 5.74) is 2.51. The number of aromatic nitrogens is 2. The van der Waals surface area contributed by atoms with Gasteiger partial charge in [0.05, 0.1) is 12.3 Å². The third-order valence-electron chi connectivity index (χ3n) is 2.62. The highest BCUT2D eigenvalue weighted by Crippen LogP contribution is 2.05. The van der Waals surface area contributed by atoms with Crippen LogP contribution in [0.5, 0.6) is 0 Å². The minimum atomic E-state index is 0.771. The first-order valence-electron chi connectivity index (χ1n) is 6.07. The van der Waals surface area contributed by atoms with Gasteiger partial charge in [-0.05, 0) is 19.4 Å². The Morgan fingerprint density at radius 2 is 2.19 bits per heavy atom. The summed E-state index contributed by atoms with van der Waals surface area (Å²) in [6, 6.07) is 2.21. The molecule has 16 heavy (non-hydrogen) atoms. The van der Waals surface area contributed by atoms with E-state index >= 15 is 0 Å². The van der Waals surface area contributed by atoms with Gasteiger partial charge in [-0.25, -0.2) is 0 Å². The van der Waals surface area contributed by atoms with Crippen LogP contribution in [-0.4, -0.2) is 36.6 Å². The average Bonchev–Trinajstić information content (AvgIpc) is 2.71. The molecule has 92 valence electrons. The van der Waals surface area contributed by atoms with Gasteiger partial charge < -0.3 is 10.1 Å². The van der Waals surface area contributed by atoms with Crippen molar-refractivity contribution in [1.29, 1.82) is 0 Å². The van der Waals surface area contributed by atoms with Crippen LogP contribution in [0.3, 0.4) is 0 Å². The molecule has 0 aromatic carbocycles. The fraction of sp³-hybridized carbons (Fsp3) is 0.750. The van der Waals surface area contributed by atoms with Crippen molar-refractivity contribution in [1.82, 2.24) is 15.1 Å². The van der Waals surface area contributed by atoms with E-state index < -0.39 is 0 Å². The fourth-order valence-corrected chi connectivity index (χ4v) is 1.68. The van der Waals surface area contributed by atoms with E-state index in [2.05, 4.69) is 35.0 Å². The highest BCUT2D eigenvalue weighted by Gasteiger charge is 2.04. The molecule has 1 heterocycles.